The van der Waals surface area contributed by atoms with Crippen LogP contribution >= 0.6 is 0 Å². The van der Waals surface area contributed by atoms with Crippen molar-refractivity contribution < 1.29 is 36.0 Å². The van der Waals surface area contributed by atoms with Crippen LogP contribution in [0.25, 0.3) is 0 Å². The minimum Gasteiger partial charge on any atom is -0.459 e. The van der Waals surface area contributed by atoms with Crippen LogP contribution in [-0.4, -0.2) is 47.4 Å². The Morgan fingerprint density at radius 1 is 0.714 bits per heavy atom. The lowest BCUT2D eigenvalue weighted by molar-refractivity contribution is -0.199. The molecule has 0 spiro atoms. The molecule has 28 heavy (non-hydrogen) atoms. The normalized spacial score (nSPS) is 12.4. The van der Waals surface area contributed by atoms with Gasteiger partial charge in [0.2, 0.25) is 0 Å². The second-order valence-electron chi connectivity index (χ2n) is 6.55. The molecular formula is C19H37F3O5Si. The summed E-state index contributed by atoms with van der Waals surface area (Å²) in [6.45, 7) is 7.51. The zero-order chi connectivity index (χ0) is 21.3. The van der Waals surface area contributed by atoms with Crippen LogP contribution in [0.1, 0.15) is 78.6 Å². The van der Waals surface area contributed by atoms with E-state index < -0.39 is 21.0 Å². The van der Waals surface area contributed by atoms with Gasteiger partial charge in [-0.15, -0.1) is 0 Å². The molecular weight excluding hydrogens is 393 g/mol. The van der Waals surface area contributed by atoms with Gasteiger partial charge >= 0.3 is 21.0 Å². The average molecular weight is 431 g/mol. The summed E-state index contributed by atoms with van der Waals surface area (Å²) in [6.07, 6.45) is 3.85. The molecule has 0 N–H and O–H groups in total. The van der Waals surface area contributed by atoms with Crippen LogP contribution in [0.2, 0.25) is 6.04 Å². The van der Waals surface area contributed by atoms with Gasteiger partial charge in [0.1, 0.15) is 0 Å². The van der Waals surface area contributed by atoms with Crippen LogP contribution in [0, 0.1) is 0 Å². The molecule has 0 amide bonds. The van der Waals surface area contributed by atoms with Gasteiger partial charge in [-0.1, -0.05) is 44.9 Å². The number of hydrogen-bond acceptors (Lipinski definition) is 5. The summed E-state index contributed by atoms with van der Waals surface area (Å²) >= 11 is 0. The molecule has 0 aliphatic carbocycles. The Labute approximate surface area is 168 Å². The van der Waals surface area contributed by atoms with E-state index in [9.17, 15) is 18.0 Å². The summed E-state index contributed by atoms with van der Waals surface area (Å²) in [5.41, 5.74) is 0. The first-order valence-corrected chi connectivity index (χ1v) is 12.4. The zero-order valence-electron chi connectivity index (χ0n) is 17.6. The lowest BCUT2D eigenvalue weighted by atomic mass is 10.1. The van der Waals surface area contributed by atoms with Gasteiger partial charge in [0.05, 0.1) is 6.61 Å². The summed E-state index contributed by atoms with van der Waals surface area (Å²) in [5.74, 6) is -2.10. The Bertz CT molecular complexity index is 377. The van der Waals surface area contributed by atoms with Crippen LogP contribution in [0.4, 0.5) is 13.2 Å². The van der Waals surface area contributed by atoms with Crippen molar-refractivity contribution in [1.29, 1.82) is 0 Å². The second kappa shape index (κ2) is 16.2. The lowest BCUT2D eigenvalue weighted by Crippen LogP contribution is -2.45. The van der Waals surface area contributed by atoms with Crippen LogP contribution in [0.5, 0.6) is 0 Å². The highest BCUT2D eigenvalue weighted by molar-refractivity contribution is 6.60. The first kappa shape index (κ1) is 27.4. The minimum absolute atomic E-state index is 0.163. The molecule has 0 saturated heterocycles. The number of rotatable bonds is 18. The Balaban J connectivity index is 3.64. The standard InChI is InChI=1S/C19H37F3O5Si/c1-4-25-28(26-5-2,27-6-3)17-15-13-11-9-7-8-10-12-14-16-24-18(23)19(20,21)22/h4-17H2,1-3H3. The van der Waals surface area contributed by atoms with Crippen LogP contribution in [0.3, 0.4) is 0 Å². The molecule has 0 aliphatic rings. The average Bonchev–Trinajstić information content (AvgIpc) is 2.62. The summed E-state index contributed by atoms with van der Waals surface area (Å²) < 4.78 is 57.5. The first-order valence-electron chi connectivity index (χ1n) is 10.5. The molecule has 0 rings (SSSR count). The molecule has 0 bridgehead atoms. The van der Waals surface area contributed by atoms with Crippen molar-refractivity contribution in [2.75, 3.05) is 26.4 Å². The quantitative estimate of drug-likeness (QED) is 0.160. The number of ether oxygens (including phenoxy) is 1. The van der Waals surface area contributed by atoms with Crippen molar-refractivity contribution in [3.05, 3.63) is 0 Å². The molecule has 0 fully saturated rings. The van der Waals surface area contributed by atoms with Crippen molar-refractivity contribution in [2.45, 2.75) is 90.8 Å². The van der Waals surface area contributed by atoms with Crippen LogP contribution in [0.15, 0.2) is 0 Å². The largest absolute Gasteiger partial charge is 0.500 e. The van der Waals surface area contributed by atoms with E-state index in [1.165, 1.54) is 0 Å². The van der Waals surface area contributed by atoms with Gasteiger partial charge in [-0.2, -0.15) is 13.2 Å². The van der Waals surface area contributed by atoms with Gasteiger partial charge in [0, 0.05) is 25.9 Å². The monoisotopic (exact) mass is 430 g/mol. The second-order valence-corrected chi connectivity index (χ2v) is 9.28. The molecule has 0 aromatic carbocycles. The third kappa shape index (κ3) is 13.5. The third-order valence-corrected chi connectivity index (χ3v) is 7.34. The molecule has 0 saturated carbocycles. The molecule has 0 aromatic heterocycles. The molecule has 0 radical (unpaired) electrons. The number of halogens is 3. The lowest BCUT2D eigenvalue weighted by Gasteiger charge is -2.28. The predicted molar refractivity (Wildman–Crippen MR) is 104 cm³/mol. The maximum Gasteiger partial charge on any atom is 0.500 e. The third-order valence-electron chi connectivity index (χ3n) is 4.18. The maximum atomic E-state index is 11.9. The van der Waals surface area contributed by atoms with Gasteiger partial charge in [-0.05, 0) is 33.6 Å². The van der Waals surface area contributed by atoms with E-state index in [0.717, 1.165) is 57.4 Å². The topological polar surface area (TPSA) is 54.0 Å². The smallest absolute Gasteiger partial charge is 0.459 e. The van der Waals surface area contributed by atoms with E-state index in [4.69, 9.17) is 13.3 Å². The fourth-order valence-corrected chi connectivity index (χ4v) is 5.61. The summed E-state index contributed by atoms with van der Waals surface area (Å²) in [7, 11) is -2.52. The van der Waals surface area contributed by atoms with Crippen molar-refractivity contribution in [3.8, 4) is 0 Å². The number of alkyl halides is 3. The van der Waals surface area contributed by atoms with Gasteiger partial charge in [0.15, 0.2) is 0 Å². The number of hydrogen-bond donors (Lipinski definition) is 0. The fourth-order valence-electron chi connectivity index (χ4n) is 2.93. The predicted octanol–water partition coefficient (Wildman–Crippen LogP) is 5.65. The van der Waals surface area contributed by atoms with Gasteiger partial charge in [-0.3, -0.25) is 0 Å². The van der Waals surface area contributed by atoms with Gasteiger partial charge < -0.3 is 18.0 Å². The zero-order valence-corrected chi connectivity index (χ0v) is 18.6. The fraction of sp³-hybridized carbons (Fsp3) is 0.947. The molecule has 9 heteroatoms. The number of unbranched alkanes of at least 4 members (excludes halogenated alkanes) is 8. The molecule has 0 heterocycles. The minimum atomic E-state index is -4.89. The van der Waals surface area contributed by atoms with Gasteiger partial charge in [0.25, 0.3) is 0 Å². The van der Waals surface area contributed by atoms with Crippen molar-refractivity contribution in [2.24, 2.45) is 0 Å². The van der Waals surface area contributed by atoms with E-state index >= 15 is 0 Å². The van der Waals surface area contributed by atoms with E-state index in [1.807, 2.05) is 20.8 Å². The highest BCUT2D eigenvalue weighted by Gasteiger charge is 2.41. The van der Waals surface area contributed by atoms with Crippen molar-refractivity contribution in [3.63, 3.8) is 0 Å². The molecule has 5 nitrogen and oxygen atoms in total. The van der Waals surface area contributed by atoms with Crippen LogP contribution < -0.4 is 0 Å². The SMILES string of the molecule is CCO[Si](CCCCCCCCCCCOC(=O)C(F)(F)F)(OCC)OCC. The van der Waals surface area contributed by atoms with Crippen molar-refractivity contribution in [1.82, 2.24) is 0 Å². The highest BCUT2D eigenvalue weighted by atomic mass is 28.4. The first-order chi connectivity index (χ1) is 13.3. The Morgan fingerprint density at radius 2 is 1.11 bits per heavy atom. The molecule has 0 atom stereocenters. The molecule has 168 valence electrons. The summed E-state index contributed by atoms with van der Waals surface area (Å²) in [4.78, 5) is 10.5. The molecule has 0 aromatic rings. The van der Waals surface area contributed by atoms with Gasteiger partial charge in [-0.25, -0.2) is 4.79 Å². The Kier molecular flexibility index (Phi) is 15.8. The number of carbonyl (C=O) groups is 1. The van der Waals surface area contributed by atoms with E-state index in [-0.39, 0.29) is 6.61 Å². The van der Waals surface area contributed by atoms with Crippen LogP contribution in [-0.2, 0) is 22.8 Å². The molecule has 0 unspecified atom stereocenters. The Morgan fingerprint density at radius 3 is 1.50 bits per heavy atom. The summed E-state index contributed by atoms with van der Waals surface area (Å²) in [6, 6.07) is 0.846. The number of esters is 1. The van der Waals surface area contributed by atoms with E-state index in [1.54, 1.807) is 0 Å². The van der Waals surface area contributed by atoms with E-state index in [0.29, 0.717) is 26.2 Å². The van der Waals surface area contributed by atoms with E-state index in [2.05, 4.69) is 4.74 Å². The summed E-state index contributed by atoms with van der Waals surface area (Å²) in [5, 5.41) is 0. The highest BCUT2D eigenvalue weighted by Crippen LogP contribution is 2.21. The molecule has 0 aliphatic heterocycles. The number of carbonyl (C=O) groups excluding carboxylic acids is 1. The Hall–Kier alpha value is -0.643. The van der Waals surface area contributed by atoms with Crippen molar-refractivity contribution >= 4 is 14.8 Å². The maximum absolute atomic E-state index is 11.9.